The summed E-state index contributed by atoms with van der Waals surface area (Å²) in [4.78, 5) is 14.9. The zero-order chi connectivity index (χ0) is 19.4. The fraction of sp³-hybridized carbons (Fsp3) is 0.350. The van der Waals surface area contributed by atoms with Gasteiger partial charge in [0.15, 0.2) is 0 Å². The summed E-state index contributed by atoms with van der Waals surface area (Å²) in [6, 6.07) is 10.7. The molecular formula is C20H21Cl3N2O2. The first-order valence-corrected chi connectivity index (χ1v) is 9.91. The number of anilines is 1. The fourth-order valence-electron chi connectivity index (χ4n) is 3.31. The molecular weight excluding hydrogens is 407 g/mol. The Morgan fingerprint density at radius 1 is 1.19 bits per heavy atom. The van der Waals surface area contributed by atoms with Gasteiger partial charge in [-0.25, -0.2) is 0 Å². The molecule has 0 radical (unpaired) electrons. The lowest BCUT2D eigenvalue weighted by atomic mass is 9.96. The highest BCUT2D eigenvalue weighted by Crippen LogP contribution is 2.29. The molecule has 2 aromatic rings. The van der Waals surface area contributed by atoms with Gasteiger partial charge in [-0.05, 0) is 49.7 Å². The van der Waals surface area contributed by atoms with Crippen molar-refractivity contribution in [1.82, 2.24) is 4.90 Å². The molecule has 1 unspecified atom stereocenters. The molecule has 1 amide bonds. The third-order valence-corrected chi connectivity index (χ3v) is 5.74. The molecule has 1 saturated heterocycles. The van der Waals surface area contributed by atoms with Gasteiger partial charge in [0.2, 0.25) is 5.91 Å². The number of nitrogens with one attached hydrogen (secondary N) is 1. The smallest absolute Gasteiger partial charge is 0.228 e. The van der Waals surface area contributed by atoms with Crippen molar-refractivity contribution in [2.24, 2.45) is 5.92 Å². The largest absolute Gasteiger partial charge is 0.495 e. The van der Waals surface area contributed by atoms with Crippen LogP contribution >= 0.6 is 34.8 Å². The van der Waals surface area contributed by atoms with Crippen LogP contribution in [-0.2, 0) is 11.3 Å². The quantitative estimate of drug-likeness (QED) is 0.684. The Morgan fingerprint density at radius 3 is 2.59 bits per heavy atom. The topological polar surface area (TPSA) is 41.6 Å². The summed E-state index contributed by atoms with van der Waals surface area (Å²) in [5.41, 5.74) is 1.57. The zero-order valence-corrected chi connectivity index (χ0v) is 17.2. The van der Waals surface area contributed by atoms with Gasteiger partial charge in [-0.2, -0.15) is 0 Å². The van der Waals surface area contributed by atoms with Gasteiger partial charge in [-0.15, -0.1) is 0 Å². The van der Waals surface area contributed by atoms with Crippen LogP contribution in [0, 0.1) is 5.92 Å². The molecule has 0 bridgehead atoms. The highest BCUT2D eigenvalue weighted by molar-refractivity contribution is 6.36. The standard InChI is InChI=1S/C20H21Cl3N2O2/c1-27-19-8-7-14(10-18(19)23)24-20(26)13-4-3-9-25(11-13)12-15-16(21)5-2-6-17(15)22/h2,5-8,10,13H,3-4,9,11-12H2,1H3,(H,24,26). The number of piperidine rings is 1. The number of likely N-dealkylation sites (tertiary alicyclic amines) is 1. The van der Waals surface area contributed by atoms with Crippen molar-refractivity contribution in [1.29, 1.82) is 0 Å². The van der Waals surface area contributed by atoms with Crippen LogP contribution in [0.3, 0.4) is 0 Å². The molecule has 27 heavy (non-hydrogen) atoms. The lowest BCUT2D eigenvalue weighted by Gasteiger charge is -2.32. The van der Waals surface area contributed by atoms with E-state index in [1.807, 2.05) is 18.2 Å². The molecule has 3 rings (SSSR count). The number of rotatable bonds is 5. The number of carbonyl (C=O) groups excluding carboxylic acids is 1. The van der Waals surface area contributed by atoms with E-state index >= 15 is 0 Å². The maximum absolute atomic E-state index is 12.7. The number of nitrogens with zero attached hydrogens (tertiary/aromatic N) is 1. The van der Waals surface area contributed by atoms with Gasteiger partial charge in [-0.3, -0.25) is 9.69 Å². The van der Waals surface area contributed by atoms with E-state index in [0.717, 1.165) is 24.9 Å². The van der Waals surface area contributed by atoms with Gasteiger partial charge >= 0.3 is 0 Å². The number of amides is 1. The first kappa shape index (κ1) is 20.3. The van der Waals surface area contributed by atoms with Crippen molar-refractivity contribution in [3.8, 4) is 5.75 Å². The van der Waals surface area contributed by atoms with Gasteiger partial charge in [0.05, 0.1) is 18.1 Å². The predicted octanol–water partition coefficient (Wildman–Crippen LogP) is 5.51. The van der Waals surface area contributed by atoms with Crippen LogP contribution in [0.2, 0.25) is 15.1 Å². The van der Waals surface area contributed by atoms with Crippen LogP contribution in [0.5, 0.6) is 5.75 Å². The summed E-state index contributed by atoms with van der Waals surface area (Å²) in [5.74, 6) is 0.474. The monoisotopic (exact) mass is 426 g/mol. The second-order valence-electron chi connectivity index (χ2n) is 6.61. The van der Waals surface area contributed by atoms with Gasteiger partial charge in [-0.1, -0.05) is 40.9 Å². The molecule has 0 aromatic heterocycles. The van der Waals surface area contributed by atoms with Crippen molar-refractivity contribution in [2.45, 2.75) is 19.4 Å². The molecule has 4 nitrogen and oxygen atoms in total. The van der Waals surface area contributed by atoms with Crippen molar-refractivity contribution < 1.29 is 9.53 Å². The van der Waals surface area contributed by atoms with E-state index in [2.05, 4.69) is 10.2 Å². The number of methoxy groups -OCH3 is 1. The number of carbonyl (C=O) groups is 1. The highest BCUT2D eigenvalue weighted by atomic mass is 35.5. The van der Waals surface area contributed by atoms with Gasteiger partial charge < -0.3 is 10.1 Å². The minimum absolute atomic E-state index is 0.00816. The zero-order valence-electron chi connectivity index (χ0n) is 15.0. The molecule has 0 spiro atoms. The van der Waals surface area contributed by atoms with Crippen LogP contribution in [0.1, 0.15) is 18.4 Å². The molecule has 1 heterocycles. The summed E-state index contributed by atoms with van der Waals surface area (Å²) < 4.78 is 5.14. The molecule has 1 N–H and O–H groups in total. The van der Waals surface area contributed by atoms with Crippen molar-refractivity contribution in [2.75, 3.05) is 25.5 Å². The summed E-state index contributed by atoms with van der Waals surface area (Å²) in [5, 5.41) is 4.73. The fourth-order valence-corrected chi connectivity index (χ4v) is 4.08. The van der Waals surface area contributed by atoms with E-state index in [-0.39, 0.29) is 11.8 Å². The maximum Gasteiger partial charge on any atom is 0.228 e. The minimum atomic E-state index is -0.0964. The van der Waals surface area contributed by atoms with E-state index in [4.69, 9.17) is 39.5 Å². The summed E-state index contributed by atoms with van der Waals surface area (Å²) >= 11 is 18.7. The molecule has 1 aliphatic heterocycles. The average molecular weight is 428 g/mol. The van der Waals surface area contributed by atoms with Crippen molar-refractivity contribution in [3.63, 3.8) is 0 Å². The first-order valence-electron chi connectivity index (χ1n) is 8.77. The van der Waals surface area contributed by atoms with E-state index in [9.17, 15) is 4.79 Å². The molecule has 2 aromatic carbocycles. The van der Waals surface area contributed by atoms with Gasteiger partial charge in [0.25, 0.3) is 0 Å². The second-order valence-corrected chi connectivity index (χ2v) is 7.83. The Hall–Kier alpha value is -1.46. The first-order chi connectivity index (χ1) is 13.0. The van der Waals surface area contributed by atoms with Crippen LogP contribution < -0.4 is 10.1 Å². The van der Waals surface area contributed by atoms with Crippen LogP contribution in [0.15, 0.2) is 36.4 Å². The van der Waals surface area contributed by atoms with Crippen molar-refractivity contribution >= 4 is 46.4 Å². The minimum Gasteiger partial charge on any atom is -0.495 e. The van der Waals surface area contributed by atoms with Crippen LogP contribution in [0.4, 0.5) is 5.69 Å². The van der Waals surface area contributed by atoms with E-state index in [1.54, 1.807) is 25.3 Å². The van der Waals surface area contributed by atoms with Gasteiger partial charge in [0, 0.05) is 34.4 Å². The highest BCUT2D eigenvalue weighted by Gasteiger charge is 2.26. The van der Waals surface area contributed by atoms with E-state index in [0.29, 0.717) is 39.6 Å². The molecule has 1 atom stereocenters. The average Bonchev–Trinajstić information content (AvgIpc) is 2.65. The number of hydrogen-bond acceptors (Lipinski definition) is 3. The van der Waals surface area contributed by atoms with Crippen molar-refractivity contribution in [3.05, 3.63) is 57.0 Å². The summed E-state index contributed by atoms with van der Waals surface area (Å²) in [6.45, 7) is 2.22. The maximum atomic E-state index is 12.7. The molecule has 0 saturated carbocycles. The Balaban J connectivity index is 1.63. The molecule has 1 aliphatic rings. The Bertz CT molecular complexity index is 809. The summed E-state index contributed by atoms with van der Waals surface area (Å²) in [7, 11) is 1.56. The number of hydrogen-bond donors (Lipinski definition) is 1. The van der Waals surface area contributed by atoms with E-state index < -0.39 is 0 Å². The number of ether oxygens (including phenoxy) is 1. The molecule has 144 valence electrons. The molecule has 7 heteroatoms. The molecule has 0 aliphatic carbocycles. The van der Waals surface area contributed by atoms with Crippen LogP contribution in [0.25, 0.3) is 0 Å². The number of benzene rings is 2. The third kappa shape index (κ3) is 5.08. The second kappa shape index (κ2) is 9.16. The predicted molar refractivity (Wildman–Crippen MR) is 111 cm³/mol. The lowest BCUT2D eigenvalue weighted by molar-refractivity contribution is -0.121. The van der Waals surface area contributed by atoms with Gasteiger partial charge in [0.1, 0.15) is 5.75 Å². The third-order valence-electron chi connectivity index (χ3n) is 4.74. The lowest BCUT2D eigenvalue weighted by Crippen LogP contribution is -2.40. The number of halogens is 3. The molecule has 1 fully saturated rings. The Labute approximate surface area is 174 Å². The Kier molecular flexibility index (Phi) is 6.88. The normalized spacial score (nSPS) is 17.6. The van der Waals surface area contributed by atoms with Crippen LogP contribution in [-0.4, -0.2) is 31.0 Å². The van der Waals surface area contributed by atoms with E-state index in [1.165, 1.54) is 0 Å². The Morgan fingerprint density at radius 2 is 1.93 bits per heavy atom. The summed E-state index contributed by atoms with van der Waals surface area (Å²) in [6.07, 6.45) is 1.80. The SMILES string of the molecule is COc1ccc(NC(=O)C2CCCN(Cc3c(Cl)cccc3Cl)C2)cc1Cl.